The van der Waals surface area contributed by atoms with Gasteiger partial charge in [0.15, 0.2) is 0 Å². The number of nitrogens with zero attached hydrogens (tertiary/aromatic N) is 3. The molecule has 0 amide bonds. The molecule has 0 saturated carbocycles. The molecule has 178 valence electrons. The van der Waals surface area contributed by atoms with Crippen molar-refractivity contribution in [2.24, 2.45) is 0 Å². The van der Waals surface area contributed by atoms with Crippen LogP contribution in [0.15, 0.2) is 112 Å². The first-order chi connectivity index (χ1) is 18.2. The number of aromatic nitrogens is 2. The zero-order valence-corrected chi connectivity index (χ0v) is 20.3. The van der Waals surface area contributed by atoms with Gasteiger partial charge in [-0.15, -0.1) is 0 Å². The van der Waals surface area contributed by atoms with Crippen molar-refractivity contribution in [2.75, 3.05) is 4.90 Å². The van der Waals surface area contributed by atoms with Gasteiger partial charge in [-0.1, -0.05) is 36.4 Å². The number of furan rings is 2. The highest BCUT2D eigenvalue weighted by Gasteiger charge is 2.33. The number of benzene rings is 3. The Balaban J connectivity index is 1.23. The maximum absolute atomic E-state index is 6.48. The minimum absolute atomic E-state index is 0.287. The molecule has 0 aliphatic carbocycles. The van der Waals surface area contributed by atoms with Crippen molar-refractivity contribution in [1.82, 2.24) is 9.55 Å². The highest BCUT2D eigenvalue weighted by Crippen LogP contribution is 2.45. The van der Waals surface area contributed by atoms with Crippen LogP contribution >= 0.6 is 0 Å². The zero-order valence-electron chi connectivity index (χ0n) is 20.3. The topological polar surface area (TPSA) is 47.3 Å². The summed E-state index contributed by atoms with van der Waals surface area (Å²) < 4.78 is 14.8. The fraction of sp³-hybridized carbons (Fsp3) is 0.0938. The van der Waals surface area contributed by atoms with E-state index in [-0.39, 0.29) is 6.04 Å². The Morgan fingerprint density at radius 1 is 0.757 bits per heavy atom. The van der Waals surface area contributed by atoms with E-state index in [1.165, 1.54) is 5.56 Å². The van der Waals surface area contributed by atoms with Gasteiger partial charge < -0.3 is 13.7 Å². The van der Waals surface area contributed by atoms with Crippen molar-refractivity contribution < 1.29 is 8.83 Å². The van der Waals surface area contributed by atoms with Gasteiger partial charge in [-0.05, 0) is 67.9 Å². The van der Waals surface area contributed by atoms with Crippen LogP contribution in [0.2, 0.25) is 0 Å². The molecule has 5 heteroatoms. The number of fused-ring (bicyclic) bond motifs is 6. The minimum atomic E-state index is 0.287. The lowest BCUT2D eigenvalue weighted by molar-refractivity contribution is 0.600. The Kier molecular flexibility index (Phi) is 4.20. The lowest BCUT2D eigenvalue weighted by Crippen LogP contribution is -2.23. The third-order valence-corrected chi connectivity index (χ3v) is 7.50. The Morgan fingerprint density at radius 2 is 1.65 bits per heavy atom. The molecule has 5 heterocycles. The SMILES string of the molecule is CC1Cc2c(oc3ccc(-n4ccc5c6ccccc6oc54)cc23)N1c1cccc(-c2ccccn2)c1. The van der Waals surface area contributed by atoms with Crippen molar-refractivity contribution in [3.8, 4) is 16.9 Å². The van der Waals surface area contributed by atoms with E-state index < -0.39 is 0 Å². The van der Waals surface area contributed by atoms with Gasteiger partial charge in [0.2, 0.25) is 11.6 Å². The molecule has 1 aliphatic rings. The van der Waals surface area contributed by atoms with E-state index in [0.29, 0.717) is 0 Å². The average molecular weight is 482 g/mol. The molecule has 4 aromatic heterocycles. The van der Waals surface area contributed by atoms with Crippen LogP contribution in [-0.4, -0.2) is 15.6 Å². The van der Waals surface area contributed by atoms with Crippen molar-refractivity contribution in [3.63, 3.8) is 0 Å². The number of anilines is 2. The van der Waals surface area contributed by atoms with E-state index in [2.05, 4.69) is 88.2 Å². The maximum atomic E-state index is 6.48. The third-order valence-electron chi connectivity index (χ3n) is 7.50. The van der Waals surface area contributed by atoms with E-state index in [1.54, 1.807) is 0 Å². The summed E-state index contributed by atoms with van der Waals surface area (Å²) in [5, 5.41) is 3.42. The van der Waals surface area contributed by atoms with E-state index in [9.17, 15) is 0 Å². The lowest BCUT2D eigenvalue weighted by atomic mass is 10.1. The molecule has 0 fully saturated rings. The van der Waals surface area contributed by atoms with Crippen LogP contribution in [-0.2, 0) is 6.42 Å². The standard InChI is InChI=1S/C32H23N3O2/c1-20-17-27-26-19-22(34-16-14-25-24-9-2-3-11-29(24)36-31(25)34)12-13-30(26)37-32(27)35(20)23-8-6-7-21(18-23)28-10-4-5-15-33-28/h2-16,18-20H,17H2,1H3. The first-order valence-corrected chi connectivity index (χ1v) is 12.6. The Hall–Kier alpha value is -4.77. The predicted octanol–water partition coefficient (Wildman–Crippen LogP) is 8.27. The quantitative estimate of drug-likeness (QED) is 0.255. The Morgan fingerprint density at radius 3 is 2.57 bits per heavy atom. The molecule has 0 N–H and O–H groups in total. The molecular weight excluding hydrogens is 458 g/mol. The van der Waals surface area contributed by atoms with Crippen molar-refractivity contribution in [2.45, 2.75) is 19.4 Å². The highest BCUT2D eigenvalue weighted by molar-refractivity contribution is 6.04. The molecule has 8 rings (SSSR count). The van der Waals surface area contributed by atoms with Gasteiger partial charge in [-0.2, -0.15) is 0 Å². The normalized spacial score (nSPS) is 15.3. The minimum Gasteiger partial charge on any atom is -0.440 e. The van der Waals surface area contributed by atoms with Crippen molar-refractivity contribution in [3.05, 3.63) is 109 Å². The zero-order chi connectivity index (χ0) is 24.5. The molecule has 0 saturated heterocycles. The molecule has 7 aromatic rings. The van der Waals surface area contributed by atoms with Crippen LogP contribution < -0.4 is 4.90 Å². The summed E-state index contributed by atoms with van der Waals surface area (Å²) in [6.07, 6.45) is 4.84. The predicted molar refractivity (Wildman–Crippen MR) is 148 cm³/mol. The summed E-state index contributed by atoms with van der Waals surface area (Å²) in [5.41, 5.74) is 8.16. The number of para-hydroxylation sites is 1. The highest BCUT2D eigenvalue weighted by atomic mass is 16.4. The molecule has 5 nitrogen and oxygen atoms in total. The second kappa shape index (κ2) is 7.61. The molecule has 1 unspecified atom stereocenters. The second-order valence-corrected chi connectivity index (χ2v) is 9.76. The average Bonchev–Trinajstić information content (AvgIpc) is 3.68. The summed E-state index contributed by atoms with van der Waals surface area (Å²) in [7, 11) is 0. The first-order valence-electron chi connectivity index (χ1n) is 12.6. The Bertz CT molecular complexity index is 1940. The number of hydrogen-bond donors (Lipinski definition) is 0. The van der Waals surface area contributed by atoms with Crippen LogP contribution in [0, 0.1) is 0 Å². The van der Waals surface area contributed by atoms with Crippen molar-refractivity contribution >= 4 is 44.6 Å². The molecule has 1 atom stereocenters. The smallest absolute Gasteiger partial charge is 0.212 e. The van der Waals surface area contributed by atoms with E-state index in [1.807, 2.05) is 36.5 Å². The van der Waals surface area contributed by atoms with E-state index in [4.69, 9.17) is 8.83 Å². The lowest BCUT2D eigenvalue weighted by Gasteiger charge is -2.23. The summed E-state index contributed by atoms with van der Waals surface area (Å²) >= 11 is 0. The number of pyridine rings is 1. The summed E-state index contributed by atoms with van der Waals surface area (Å²) in [6, 6.07) is 31.6. The van der Waals surface area contributed by atoms with Crippen LogP contribution in [0.25, 0.3) is 50.0 Å². The van der Waals surface area contributed by atoms with Gasteiger partial charge in [0, 0.05) is 57.1 Å². The number of rotatable bonds is 3. The van der Waals surface area contributed by atoms with Gasteiger partial charge in [-0.25, -0.2) is 0 Å². The molecule has 3 aromatic carbocycles. The largest absolute Gasteiger partial charge is 0.440 e. The van der Waals surface area contributed by atoms with Gasteiger partial charge >= 0.3 is 0 Å². The second-order valence-electron chi connectivity index (χ2n) is 9.76. The van der Waals surface area contributed by atoms with Gasteiger partial charge in [0.1, 0.15) is 11.2 Å². The first kappa shape index (κ1) is 20.4. The van der Waals surface area contributed by atoms with Gasteiger partial charge in [0.25, 0.3) is 0 Å². The van der Waals surface area contributed by atoms with Crippen LogP contribution in [0.1, 0.15) is 12.5 Å². The fourth-order valence-electron chi connectivity index (χ4n) is 5.79. The molecule has 0 bridgehead atoms. The number of hydrogen-bond acceptors (Lipinski definition) is 4. The maximum Gasteiger partial charge on any atom is 0.212 e. The summed E-state index contributed by atoms with van der Waals surface area (Å²) in [6.45, 7) is 2.25. The van der Waals surface area contributed by atoms with Crippen LogP contribution in [0.3, 0.4) is 0 Å². The van der Waals surface area contributed by atoms with Crippen LogP contribution in [0.4, 0.5) is 11.6 Å². The Labute approximate surface area is 213 Å². The van der Waals surface area contributed by atoms with Gasteiger partial charge in [0.05, 0.1) is 5.69 Å². The summed E-state index contributed by atoms with van der Waals surface area (Å²) in [5.74, 6) is 0.930. The fourth-order valence-corrected chi connectivity index (χ4v) is 5.79. The molecule has 0 radical (unpaired) electrons. The molecular formula is C32H23N3O2. The monoisotopic (exact) mass is 481 g/mol. The van der Waals surface area contributed by atoms with Gasteiger partial charge in [-0.3, -0.25) is 9.55 Å². The molecule has 37 heavy (non-hydrogen) atoms. The molecule has 0 spiro atoms. The van der Waals surface area contributed by atoms with E-state index in [0.717, 1.165) is 68.0 Å². The molecule has 1 aliphatic heterocycles. The van der Waals surface area contributed by atoms with E-state index >= 15 is 0 Å². The summed E-state index contributed by atoms with van der Waals surface area (Å²) in [4.78, 5) is 6.85. The van der Waals surface area contributed by atoms with Crippen molar-refractivity contribution in [1.29, 1.82) is 0 Å². The van der Waals surface area contributed by atoms with Crippen LogP contribution in [0.5, 0.6) is 0 Å². The third kappa shape index (κ3) is 3.01.